The Morgan fingerprint density at radius 2 is 1.76 bits per heavy atom. The molecule has 0 aromatic heterocycles. The Balaban J connectivity index is 1.99. The molecule has 2 aliphatic rings. The maximum absolute atomic E-state index is 13.1. The van der Waals surface area contributed by atoms with E-state index in [0.717, 1.165) is 44.9 Å². The first kappa shape index (κ1) is 20.6. The predicted molar refractivity (Wildman–Crippen MR) is 99.3 cm³/mol. The van der Waals surface area contributed by atoms with Gasteiger partial charge in [0.2, 0.25) is 5.91 Å². The molecule has 2 heterocycles. The number of rotatable bonds is 8. The van der Waals surface area contributed by atoms with Gasteiger partial charge in [0.1, 0.15) is 0 Å². The number of aliphatic hydroxyl groups is 2. The van der Waals surface area contributed by atoms with Crippen LogP contribution in [0.2, 0.25) is 0 Å². The van der Waals surface area contributed by atoms with Gasteiger partial charge in [-0.15, -0.1) is 0 Å². The second-order valence-electron chi connectivity index (χ2n) is 8.26. The van der Waals surface area contributed by atoms with Gasteiger partial charge >= 0.3 is 0 Å². The number of nitrogens with one attached hydrogen (secondary N) is 1. The zero-order chi connectivity index (χ0) is 18.3. The average molecular weight is 356 g/mol. The van der Waals surface area contributed by atoms with Crippen LogP contribution >= 0.6 is 0 Å². The summed E-state index contributed by atoms with van der Waals surface area (Å²) in [5.41, 5.74) is -0.643. The number of carbonyl (C=O) groups excluding carboxylic acids is 1. The van der Waals surface area contributed by atoms with E-state index in [1.807, 2.05) is 11.8 Å². The largest absolute Gasteiger partial charge is 0.396 e. The van der Waals surface area contributed by atoms with Crippen LogP contribution < -0.4 is 5.32 Å². The van der Waals surface area contributed by atoms with Gasteiger partial charge in [0.25, 0.3) is 0 Å². The Bertz CT molecular complexity index is 401. The molecule has 0 bridgehead atoms. The maximum atomic E-state index is 13.1. The minimum atomic E-state index is -0.643. The molecule has 146 valence electrons. The van der Waals surface area contributed by atoms with E-state index in [2.05, 4.69) is 17.1 Å². The fraction of sp³-hybridized carbons (Fsp3) is 0.947. The molecule has 0 radical (unpaired) electrons. The Morgan fingerprint density at radius 3 is 2.28 bits per heavy atom. The predicted octanol–water partition coefficient (Wildman–Crippen LogP) is 0.680. The lowest BCUT2D eigenvalue weighted by molar-refractivity contribution is -0.138. The van der Waals surface area contributed by atoms with Crippen LogP contribution in [0.5, 0.6) is 0 Å². The molecule has 0 spiro atoms. The second-order valence-corrected chi connectivity index (χ2v) is 8.26. The molecule has 25 heavy (non-hydrogen) atoms. The zero-order valence-electron chi connectivity index (χ0n) is 16.0. The lowest BCUT2D eigenvalue weighted by Crippen LogP contribution is -2.54. The van der Waals surface area contributed by atoms with Crippen LogP contribution in [0.25, 0.3) is 0 Å². The van der Waals surface area contributed by atoms with Crippen molar-refractivity contribution in [3.63, 3.8) is 0 Å². The summed E-state index contributed by atoms with van der Waals surface area (Å²) in [6.07, 6.45) is 5.48. The highest BCUT2D eigenvalue weighted by atomic mass is 16.3. The molecule has 2 fully saturated rings. The second kappa shape index (κ2) is 9.86. The van der Waals surface area contributed by atoms with Crippen molar-refractivity contribution in [3.8, 4) is 0 Å². The van der Waals surface area contributed by atoms with Gasteiger partial charge in [0.15, 0.2) is 0 Å². The molecular formula is C19H37N3O3. The number of hydrogen-bond acceptors (Lipinski definition) is 5. The standard InChI is InChI=1S/C19H37N3O3/c1-3-16-6-10-21(11-7-16)12-18(25)22(13-19(2,14-23)15-24)17-4-8-20-9-5-17/h16-17,20,23-24H,3-15H2,1-2H3. The Morgan fingerprint density at radius 1 is 1.16 bits per heavy atom. The summed E-state index contributed by atoms with van der Waals surface area (Å²) < 4.78 is 0. The summed E-state index contributed by atoms with van der Waals surface area (Å²) in [7, 11) is 0. The Kier molecular flexibility index (Phi) is 8.13. The summed E-state index contributed by atoms with van der Waals surface area (Å²) >= 11 is 0. The highest BCUT2D eigenvalue weighted by molar-refractivity contribution is 5.78. The number of aliphatic hydroxyl groups excluding tert-OH is 2. The molecule has 0 aromatic rings. The summed E-state index contributed by atoms with van der Waals surface area (Å²) in [6, 6.07) is 0.208. The van der Waals surface area contributed by atoms with E-state index in [-0.39, 0.29) is 25.2 Å². The Hall–Kier alpha value is -0.690. The number of likely N-dealkylation sites (tertiary alicyclic amines) is 1. The van der Waals surface area contributed by atoms with E-state index in [1.165, 1.54) is 19.3 Å². The van der Waals surface area contributed by atoms with Crippen LogP contribution in [0.15, 0.2) is 0 Å². The molecule has 3 N–H and O–H groups in total. The SMILES string of the molecule is CCC1CCN(CC(=O)N(CC(C)(CO)CO)C2CCNCC2)CC1. The van der Waals surface area contributed by atoms with Gasteiger partial charge in [0, 0.05) is 18.0 Å². The van der Waals surface area contributed by atoms with Crippen molar-refractivity contribution < 1.29 is 15.0 Å². The molecule has 0 aromatic carbocycles. The minimum absolute atomic E-state index is 0.111. The van der Waals surface area contributed by atoms with Crippen LogP contribution in [0.1, 0.15) is 46.0 Å². The van der Waals surface area contributed by atoms with Crippen LogP contribution in [0, 0.1) is 11.3 Å². The fourth-order valence-corrected chi connectivity index (χ4v) is 3.94. The molecule has 1 amide bonds. The summed E-state index contributed by atoms with van der Waals surface area (Å²) in [6.45, 7) is 8.61. The van der Waals surface area contributed by atoms with Crippen LogP contribution in [-0.2, 0) is 4.79 Å². The summed E-state index contributed by atoms with van der Waals surface area (Å²) in [4.78, 5) is 17.3. The highest BCUT2D eigenvalue weighted by Crippen LogP contribution is 2.23. The summed E-state index contributed by atoms with van der Waals surface area (Å²) in [5.74, 6) is 0.953. The summed E-state index contributed by atoms with van der Waals surface area (Å²) in [5, 5.41) is 22.7. The normalized spacial score (nSPS) is 21.4. The van der Waals surface area contributed by atoms with E-state index in [1.54, 1.807) is 0 Å². The van der Waals surface area contributed by atoms with Crippen LogP contribution in [0.3, 0.4) is 0 Å². The number of carbonyl (C=O) groups is 1. The Labute approximate surface area is 152 Å². The van der Waals surface area contributed by atoms with E-state index >= 15 is 0 Å². The third-order valence-corrected chi connectivity index (χ3v) is 6.03. The quantitative estimate of drug-likeness (QED) is 0.597. The van der Waals surface area contributed by atoms with Gasteiger partial charge in [-0.05, 0) is 57.8 Å². The van der Waals surface area contributed by atoms with Gasteiger partial charge in [-0.25, -0.2) is 0 Å². The molecular weight excluding hydrogens is 318 g/mol. The molecule has 2 saturated heterocycles. The lowest BCUT2D eigenvalue weighted by atomic mass is 9.90. The third-order valence-electron chi connectivity index (χ3n) is 6.03. The fourth-order valence-electron chi connectivity index (χ4n) is 3.94. The molecule has 2 aliphatic heterocycles. The zero-order valence-corrected chi connectivity index (χ0v) is 16.0. The van der Waals surface area contributed by atoms with Crippen molar-refractivity contribution in [2.45, 2.75) is 52.0 Å². The van der Waals surface area contributed by atoms with Gasteiger partial charge in [-0.2, -0.15) is 0 Å². The van der Waals surface area contributed by atoms with Gasteiger partial charge in [-0.3, -0.25) is 9.69 Å². The first-order chi connectivity index (χ1) is 12.0. The van der Waals surface area contributed by atoms with E-state index in [9.17, 15) is 15.0 Å². The molecule has 0 aliphatic carbocycles. The molecule has 6 nitrogen and oxygen atoms in total. The van der Waals surface area contributed by atoms with E-state index in [0.29, 0.717) is 13.1 Å². The molecule has 2 rings (SSSR count). The first-order valence-electron chi connectivity index (χ1n) is 9.95. The van der Waals surface area contributed by atoms with Crippen molar-refractivity contribution in [3.05, 3.63) is 0 Å². The third kappa shape index (κ3) is 5.91. The topological polar surface area (TPSA) is 76.0 Å². The van der Waals surface area contributed by atoms with E-state index < -0.39 is 5.41 Å². The molecule has 0 atom stereocenters. The van der Waals surface area contributed by atoms with Crippen LogP contribution in [0.4, 0.5) is 0 Å². The van der Waals surface area contributed by atoms with Gasteiger partial charge < -0.3 is 20.4 Å². The maximum Gasteiger partial charge on any atom is 0.237 e. The van der Waals surface area contributed by atoms with Crippen molar-refractivity contribution in [2.75, 3.05) is 52.5 Å². The number of amides is 1. The number of hydrogen-bond donors (Lipinski definition) is 3. The van der Waals surface area contributed by atoms with Gasteiger partial charge in [0.05, 0.1) is 19.8 Å². The number of nitrogens with zero attached hydrogens (tertiary/aromatic N) is 2. The smallest absolute Gasteiger partial charge is 0.237 e. The monoisotopic (exact) mass is 355 g/mol. The number of piperidine rings is 2. The van der Waals surface area contributed by atoms with E-state index in [4.69, 9.17) is 0 Å². The molecule has 6 heteroatoms. The molecule has 0 saturated carbocycles. The van der Waals surface area contributed by atoms with Crippen LogP contribution in [-0.4, -0.2) is 84.4 Å². The van der Waals surface area contributed by atoms with Crippen molar-refractivity contribution in [1.82, 2.24) is 15.1 Å². The van der Waals surface area contributed by atoms with Crippen molar-refractivity contribution in [2.24, 2.45) is 11.3 Å². The minimum Gasteiger partial charge on any atom is -0.396 e. The van der Waals surface area contributed by atoms with Crippen molar-refractivity contribution in [1.29, 1.82) is 0 Å². The van der Waals surface area contributed by atoms with Gasteiger partial charge in [-0.1, -0.05) is 20.3 Å². The first-order valence-corrected chi connectivity index (χ1v) is 9.95. The lowest BCUT2D eigenvalue weighted by Gasteiger charge is -2.41. The average Bonchev–Trinajstić information content (AvgIpc) is 2.67. The highest BCUT2D eigenvalue weighted by Gasteiger charge is 2.34. The van der Waals surface area contributed by atoms with Crippen molar-refractivity contribution >= 4 is 5.91 Å². The molecule has 0 unspecified atom stereocenters.